The molecule has 0 bridgehead atoms. The average molecular weight is 372 g/mol. The molecule has 0 aliphatic carbocycles. The molecule has 2 aromatic rings. The van der Waals surface area contributed by atoms with Gasteiger partial charge >= 0.3 is 0 Å². The molecule has 0 unspecified atom stereocenters. The first-order chi connectivity index (χ1) is 8.59. The number of carbonyl (C=O) groups is 1. The predicted octanol–water partition coefficient (Wildman–Crippen LogP) is 2.65. The minimum atomic E-state index is -0.273. The summed E-state index contributed by atoms with van der Waals surface area (Å²) in [6.45, 7) is -0.0338. The highest BCUT2D eigenvalue weighted by Crippen LogP contribution is 2.16. The van der Waals surface area contributed by atoms with E-state index < -0.39 is 0 Å². The van der Waals surface area contributed by atoms with Gasteiger partial charge in [-0.1, -0.05) is 34.1 Å². The first-order valence-corrected chi connectivity index (χ1v) is 6.66. The Kier molecular flexibility index (Phi) is 4.08. The van der Waals surface area contributed by atoms with Crippen LogP contribution in [0.15, 0.2) is 50.5 Å². The molecule has 0 aliphatic rings. The number of aromatic nitrogens is 2. The van der Waals surface area contributed by atoms with Gasteiger partial charge in [0.05, 0.1) is 12.9 Å². The van der Waals surface area contributed by atoms with Gasteiger partial charge in [-0.15, -0.1) is 0 Å². The zero-order valence-electron chi connectivity index (χ0n) is 9.14. The van der Waals surface area contributed by atoms with Crippen LogP contribution in [0.2, 0.25) is 0 Å². The molecule has 0 atom stereocenters. The number of carbonyl (C=O) groups excluding carboxylic acids is 1. The third-order valence-electron chi connectivity index (χ3n) is 2.35. The van der Waals surface area contributed by atoms with Crippen molar-refractivity contribution in [1.82, 2.24) is 9.55 Å². The van der Waals surface area contributed by atoms with Crippen molar-refractivity contribution in [2.24, 2.45) is 0 Å². The van der Waals surface area contributed by atoms with E-state index in [-0.39, 0.29) is 17.9 Å². The number of rotatable bonds is 3. The van der Waals surface area contributed by atoms with Crippen molar-refractivity contribution in [2.75, 3.05) is 0 Å². The van der Waals surface area contributed by atoms with E-state index in [2.05, 4.69) is 36.8 Å². The number of benzene rings is 1. The van der Waals surface area contributed by atoms with Crippen LogP contribution in [0.4, 0.5) is 0 Å². The van der Waals surface area contributed by atoms with E-state index in [9.17, 15) is 9.59 Å². The van der Waals surface area contributed by atoms with Crippen LogP contribution >= 0.6 is 31.9 Å². The summed E-state index contributed by atoms with van der Waals surface area (Å²) in [5.74, 6) is -0.149. The van der Waals surface area contributed by atoms with Gasteiger partial charge in [0.2, 0.25) is 0 Å². The Hall–Kier alpha value is -1.27. The number of Topliss-reactive ketones (excluding diaryl/α,β-unsaturated/α-hetero) is 1. The maximum Gasteiger partial charge on any atom is 0.268 e. The number of hydrogen-bond acceptors (Lipinski definition) is 3. The predicted molar refractivity (Wildman–Crippen MR) is 74.7 cm³/mol. The lowest BCUT2D eigenvalue weighted by Crippen LogP contribution is -2.24. The number of nitrogens with zero attached hydrogens (tertiary/aromatic N) is 2. The number of ketones is 1. The molecule has 6 heteroatoms. The van der Waals surface area contributed by atoms with Gasteiger partial charge in [0.15, 0.2) is 5.78 Å². The van der Waals surface area contributed by atoms with Gasteiger partial charge in [0, 0.05) is 16.2 Å². The van der Waals surface area contributed by atoms with E-state index in [1.807, 2.05) is 6.07 Å². The molecule has 0 spiro atoms. The van der Waals surface area contributed by atoms with E-state index >= 15 is 0 Å². The van der Waals surface area contributed by atoms with E-state index in [4.69, 9.17) is 0 Å². The quantitative estimate of drug-likeness (QED) is 0.779. The van der Waals surface area contributed by atoms with E-state index in [0.717, 1.165) is 0 Å². The van der Waals surface area contributed by atoms with Crippen LogP contribution in [0, 0.1) is 0 Å². The van der Waals surface area contributed by atoms with E-state index in [1.165, 1.54) is 17.1 Å². The van der Waals surface area contributed by atoms with Crippen molar-refractivity contribution in [1.29, 1.82) is 0 Å². The van der Waals surface area contributed by atoms with Gasteiger partial charge in [-0.25, -0.2) is 4.98 Å². The minimum absolute atomic E-state index is 0.0338. The molecule has 0 amide bonds. The Morgan fingerprint density at radius 2 is 1.94 bits per heavy atom. The first kappa shape index (κ1) is 13.2. The van der Waals surface area contributed by atoms with Crippen molar-refractivity contribution < 1.29 is 4.79 Å². The van der Waals surface area contributed by atoms with Gasteiger partial charge in [-0.2, -0.15) is 0 Å². The van der Waals surface area contributed by atoms with Crippen molar-refractivity contribution in [3.8, 4) is 0 Å². The maximum atomic E-state index is 12.1. The van der Waals surface area contributed by atoms with E-state index in [0.29, 0.717) is 14.5 Å². The van der Waals surface area contributed by atoms with Gasteiger partial charge in [-0.3, -0.25) is 14.2 Å². The third-order valence-corrected chi connectivity index (χ3v) is 3.58. The van der Waals surface area contributed by atoms with Crippen LogP contribution in [0.1, 0.15) is 10.4 Å². The lowest BCUT2D eigenvalue weighted by molar-refractivity contribution is 0.0969. The van der Waals surface area contributed by atoms with E-state index in [1.54, 1.807) is 18.2 Å². The lowest BCUT2D eigenvalue weighted by atomic mass is 10.1. The summed E-state index contributed by atoms with van der Waals surface area (Å²) < 4.78 is 2.32. The fourth-order valence-electron chi connectivity index (χ4n) is 1.46. The van der Waals surface area contributed by atoms with Crippen molar-refractivity contribution in [2.45, 2.75) is 6.54 Å². The second-order valence-corrected chi connectivity index (χ2v) is 5.29. The second-order valence-electron chi connectivity index (χ2n) is 3.58. The summed E-state index contributed by atoms with van der Waals surface area (Å²) in [5, 5.41) is 0. The monoisotopic (exact) mass is 370 g/mol. The Labute approximate surface area is 120 Å². The molecule has 0 radical (unpaired) electrons. The highest BCUT2D eigenvalue weighted by molar-refractivity contribution is 9.10. The summed E-state index contributed by atoms with van der Waals surface area (Å²) >= 11 is 6.40. The highest BCUT2D eigenvalue weighted by Gasteiger charge is 2.11. The molecule has 1 heterocycles. The Bertz CT molecular complexity index is 653. The molecule has 4 nitrogen and oxygen atoms in total. The van der Waals surface area contributed by atoms with Crippen LogP contribution in [0.3, 0.4) is 0 Å². The molecular formula is C12H8Br2N2O2. The average Bonchev–Trinajstić information content (AvgIpc) is 2.35. The molecular weight excluding hydrogens is 364 g/mol. The van der Waals surface area contributed by atoms with Crippen LogP contribution in [-0.4, -0.2) is 15.3 Å². The summed E-state index contributed by atoms with van der Waals surface area (Å²) in [5.41, 5.74) is 0.273. The van der Waals surface area contributed by atoms with Gasteiger partial charge in [-0.05, 0) is 22.0 Å². The SMILES string of the molecule is O=C(Cn1cncc(Br)c1=O)c1ccccc1Br. The zero-order chi connectivity index (χ0) is 13.1. The largest absolute Gasteiger partial charge is 0.292 e. The van der Waals surface area contributed by atoms with Crippen LogP contribution in [0.5, 0.6) is 0 Å². The number of halogens is 2. The molecule has 0 N–H and O–H groups in total. The van der Waals surface area contributed by atoms with Crippen LogP contribution < -0.4 is 5.56 Å². The Morgan fingerprint density at radius 3 is 2.67 bits per heavy atom. The standard InChI is InChI=1S/C12H8Br2N2O2/c13-9-4-2-1-3-8(9)11(17)6-16-7-15-5-10(14)12(16)18/h1-5,7H,6H2. The zero-order valence-corrected chi connectivity index (χ0v) is 12.3. The molecule has 1 aromatic heterocycles. The molecule has 18 heavy (non-hydrogen) atoms. The van der Waals surface area contributed by atoms with Crippen molar-refractivity contribution >= 4 is 37.6 Å². The van der Waals surface area contributed by atoms with Crippen LogP contribution in [-0.2, 0) is 6.54 Å². The molecule has 0 saturated carbocycles. The van der Waals surface area contributed by atoms with Crippen LogP contribution in [0.25, 0.3) is 0 Å². The van der Waals surface area contributed by atoms with Crippen molar-refractivity contribution in [3.05, 3.63) is 61.7 Å². The summed E-state index contributed by atoms with van der Waals surface area (Å²) in [7, 11) is 0. The molecule has 2 rings (SSSR count). The van der Waals surface area contributed by atoms with Gasteiger partial charge < -0.3 is 0 Å². The molecule has 0 aliphatic heterocycles. The molecule has 1 aromatic carbocycles. The third kappa shape index (κ3) is 2.76. The molecule has 0 saturated heterocycles. The second kappa shape index (κ2) is 5.58. The Balaban J connectivity index is 2.30. The number of hydrogen-bond donors (Lipinski definition) is 0. The summed E-state index contributed by atoms with van der Waals surface area (Å²) in [4.78, 5) is 27.7. The normalized spacial score (nSPS) is 10.3. The smallest absolute Gasteiger partial charge is 0.268 e. The summed E-state index contributed by atoms with van der Waals surface area (Å²) in [6, 6.07) is 7.10. The lowest BCUT2D eigenvalue weighted by Gasteiger charge is -2.06. The fourth-order valence-corrected chi connectivity index (χ4v) is 2.32. The Morgan fingerprint density at radius 1 is 1.22 bits per heavy atom. The molecule has 92 valence electrons. The maximum absolute atomic E-state index is 12.1. The summed E-state index contributed by atoms with van der Waals surface area (Å²) in [6.07, 6.45) is 2.75. The van der Waals surface area contributed by atoms with Gasteiger partial charge in [0.25, 0.3) is 5.56 Å². The van der Waals surface area contributed by atoms with Gasteiger partial charge in [0.1, 0.15) is 4.47 Å². The van der Waals surface area contributed by atoms with Crippen molar-refractivity contribution in [3.63, 3.8) is 0 Å². The molecule has 0 fully saturated rings. The minimum Gasteiger partial charge on any atom is -0.292 e. The first-order valence-electron chi connectivity index (χ1n) is 5.07. The topological polar surface area (TPSA) is 52.0 Å². The highest BCUT2D eigenvalue weighted by atomic mass is 79.9. The fraction of sp³-hybridized carbons (Fsp3) is 0.0833.